The van der Waals surface area contributed by atoms with Crippen LogP contribution in [0.4, 0.5) is 20.4 Å². The molecular weight excluding hydrogens is 414 g/mol. The summed E-state index contributed by atoms with van der Waals surface area (Å²) in [5.41, 5.74) is 0.183. The van der Waals surface area contributed by atoms with Crippen molar-refractivity contribution in [3.8, 4) is 0 Å². The molecular formula is C20H28F2N4O3S. The fraction of sp³-hybridized carbons (Fsp3) is 0.500. The predicted octanol–water partition coefficient (Wildman–Crippen LogP) is 3.29. The number of aliphatic hydroxyl groups is 1. The number of rotatable bonds is 10. The van der Waals surface area contributed by atoms with E-state index in [0.717, 1.165) is 12.3 Å². The minimum absolute atomic E-state index is 0.0538. The van der Waals surface area contributed by atoms with Gasteiger partial charge in [-0.2, -0.15) is 0 Å². The van der Waals surface area contributed by atoms with Crippen molar-refractivity contribution < 1.29 is 22.3 Å². The molecule has 0 saturated carbocycles. The Morgan fingerprint density at radius 3 is 2.40 bits per heavy atom. The van der Waals surface area contributed by atoms with E-state index in [1.54, 1.807) is 6.92 Å². The molecule has 0 bridgehead atoms. The molecule has 3 N–H and O–H groups in total. The Hall–Kier alpha value is -2.33. The van der Waals surface area contributed by atoms with E-state index in [0.29, 0.717) is 18.2 Å². The molecule has 7 nitrogen and oxygen atoms in total. The molecule has 0 saturated heterocycles. The number of nitrogens with zero attached hydrogens (tertiary/aromatic N) is 2. The third kappa shape index (κ3) is 7.17. The molecule has 0 spiro atoms. The van der Waals surface area contributed by atoms with Gasteiger partial charge < -0.3 is 10.4 Å². The van der Waals surface area contributed by atoms with Crippen molar-refractivity contribution in [2.24, 2.45) is 5.92 Å². The van der Waals surface area contributed by atoms with Gasteiger partial charge in [-0.05, 0) is 29.9 Å². The molecule has 0 radical (unpaired) electrons. The summed E-state index contributed by atoms with van der Waals surface area (Å²) in [5.74, 6) is -1.35. The second kappa shape index (κ2) is 10.1. The lowest BCUT2D eigenvalue weighted by atomic mass is 9.96. The lowest BCUT2D eigenvalue weighted by molar-refractivity contribution is 0.259. The number of hydrogen-bond donors (Lipinski definition) is 3. The molecule has 1 heterocycles. The van der Waals surface area contributed by atoms with Gasteiger partial charge in [-0.3, -0.25) is 4.72 Å². The molecule has 166 valence electrons. The van der Waals surface area contributed by atoms with Crippen LogP contribution in [0.3, 0.4) is 0 Å². The normalized spacial score (nSPS) is 13.9. The van der Waals surface area contributed by atoms with Crippen LogP contribution in [0.5, 0.6) is 0 Å². The molecule has 1 aromatic carbocycles. The van der Waals surface area contributed by atoms with Gasteiger partial charge in [-0.15, -0.1) is 0 Å². The van der Waals surface area contributed by atoms with Gasteiger partial charge in [0.2, 0.25) is 10.0 Å². The van der Waals surface area contributed by atoms with E-state index < -0.39 is 27.6 Å². The van der Waals surface area contributed by atoms with Gasteiger partial charge >= 0.3 is 0 Å². The first-order valence-corrected chi connectivity index (χ1v) is 11.5. The second-order valence-electron chi connectivity index (χ2n) is 7.83. The zero-order chi connectivity index (χ0) is 22.5. The van der Waals surface area contributed by atoms with Crippen molar-refractivity contribution >= 4 is 21.7 Å². The molecule has 10 heteroatoms. The Morgan fingerprint density at radius 2 is 1.80 bits per heavy atom. The van der Waals surface area contributed by atoms with Crippen molar-refractivity contribution in [2.75, 3.05) is 22.9 Å². The fourth-order valence-electron chi connectivity index (χ4n) is 3.15. The minimum atomic E-state index is -3.58. The first kappa shape index (κ1) is 23.9. The standard InChI is InChI=1S/C20H28F2N4O3S/c1-12(2)8-14(11-27)23-18-10-19(26-30(4,28)29)25-17(24-18)9-13(3)15-6-5-7-16(21)20(15)22/h5-7,10,12-14,27H,8-9,11H2,1-4H3,(H2,23,24,25,26)/t13?,14-/m1/s1. The van der Waals surface area contributed by atoms with Crippen LogP contribution in [0.15, 0.2) is 24.3 Å². The largest absolute Gasteiger partial charge is 0.394 e. The fourth-order valence-corrected chi connectivity index (χ4v) is 3.63. The van der Waals surface area contributed by atoms with Crippen LogP contribution < -0.4 is 10.0 Å². The SMILES string of the molecule is CC(C)C[C@H](CO)Nc1cc(NS(C)(=O)=O)nc(CC(C)c2cccc(F)c2F)n1. The number of benzene rings is 1. The molecule has 0 aliphatic carbocycles. The van der Waals surface area contributed by atoms with E-state index in [1.807, 2.05) is 13.8 Å². The quantitative estimate of drug-likeness (QED) is 0.522. The topological polar surface area (TPSA) is 104 Å². The van der Waals surface area contributed by atoms with Crippen LogP contribution in [0, 0.1) is 17.6 Å². The zero-order valence-electron chi connectivity index (χ0n) is 17.5. The van der Waals surface area contributed by atoms with Crippen LogP contribution in [0.2, 0.25) is 0 Å². The summed E-state index contributed by atoms with van der Waals surface area (Å²) in [4.78, 5) is 8.60. The molecule has 2 rings (SSSR count). The molecule has 1 unspecified atom stereocenters. The Morgan fingerprint density at radius 1 is 1.13 bits per heavy atom. The molecule has 0 fully saturated rings. The second-order valence-corrected chi connectivity index (χ2v) is 9.58. The first-order chi connectivity index (χ1) is 14.0. The number of sulfonamides is 1. The maximum absolute atomic E-state index is 14.1. The third-order valence-corrected chi connectivity index (χ3v) is 4.97. The van der Waals surface area contributed by atoms with Gasteiger partial charge in [0.25, 0.3) is 0 Å². The highest BCUT2D eigenvalue weighted by Crippen LogP contribution is 2.25. The summed E-state index contributed by atoms with van der Waals surface area (Å²) in [7, 11) is -3.58. The molecule has 2 atom stereocenters. The van der Waals surface area contributed by atoms with E-state index in [-0.39, 0.29) is 36.3 Å². The average Bonchev–Trinajstić information content (AvgIpc) is 2.61. The predicted molar refractivity (Wildman–Crippen MR) is 113 cm³/mol. The van der Waals surface area contributed by atoms with Gasteiger partial charge in [0, 0.05) is 12.5 Å². The molecule has 0 amide bonds. The number of hydrogen-bond acceptors (Lipinski definition) is 6. The Labute approximate surface area is 176 Å². The molecule has 2 aromatic rings. The zero-order valence-corrected chi connectivity index (χ0v) is 18.3. The average molecular weight is 443 g/mol. The smallest absolute Gasteiger partial charge is 0.230 e. The molecule has 0 aliphatic rings. The highest BCUT2D eigenvalue weighted by atomic mass is 32.2. The number of halogens is 2. The summed E-state index contributed by atoms with van der Waals surface area (Å²) in [6.45, 7) is 5.61. The maximum Gasteiger partial charge on any atom is 0.230 e. The van der Waals surface area contributed by atoms with Crippen LogP contribution in [-0.4, -0.2) is 42.4 Å². The summed E-state index contributed by atoms with van der Waals surface area (Å²) in [5, 5.41) is 12.7. The first-order valence-electron chi connectivity index (χ1n) is 9.65. The summed E-state index contributed by atoms with van der Waals surface area (Å²) < 4.78 is 53.3. The van der Waals surface area contributed by atoms with Gasteiger partial charge in [-0.1, -0.05) is 32.9 Å². The molecule has 0 aliphatic heterocycles. The minimum Gasteiger partial charge on any atom is -0.394 e. The van der Waals surface area contributed by atoms with E-state index in [4.69, 9.17) is 0 Å². The highest BCUT2D eigenvalue weighted by Gasteiger charge is 2.18. The number of anilines is 2. The van der Waals surface area contributed by atoms with Crippen molar-refractivity contribution in [1.82, 2.24) is 9.97 Å². The van der Waals surface area contributed by atoms with Crippen LogP contribution in [0.1, 0.15) is 44.5 Å². The summed E-state index contributed by atoms with van der Waals surface area (Å²) in [6.07, 6.45) is 1.83. The number of aromatic nitrogens is 2. The number of aliphatic hydroxyl groups excluding tert-OH is 1. The highest BCUT2D eigenvalue weighted by molar-refractivity contribution is 7.92. The summed E-state index contributed by atoms with van der Waals surface area (Å²) in [6, 6.07) is 5.12. The van der Waals surface area contributed by atoms with Crippen molar-refractivity contribution in [1.29, 1.82) is 0 Å². The lowest BCUT2D eigenvalue weighted by Gasteiger charge is -2.20. The van der Waals surface area contributed by atoms with Crippen LogP contribution >= 0.6 is 0 Å². The Bertz CT molecular complexity index is 971. The Kier molecular flexibility index (Phi) is 8.08. The Balaban J connectivity index is 2.34. The van der Waals surface area contributed by atoms with E-state index >= 15 is 0 Å². The number of nitrogens with one attached hydrogen (secondary N) is 2. The van der Waals surface area contributed by atoms with Crippen LogP contribution in [0.25, 0.3) is 0 Å². The molecule has 30 heavy (non-hydrogen) atoms. The third-order valence-electron chi connectivity index (χ3n) is 4.39. The monoisotopic (exact) mass is 442 g/mol. The van der Waals surface area contributed by atoms with Crippen molar-refractivity contribution in [2.45, 2.75) is 45.6 Å². The van der Waals surface area contributed by atoms with E-state index in [2.05, 4.69) is 20.0 Å². The lowest BCUT2D eigenvalue weighted by Crippen LogP contribution is -2.26. The maximum atomic E-state index is 14.1. The van der Waals surface area contributed by atoms with Crippen molar-refractivity contribution in [3.63, 3.8) is 0 Å². The molecule has 1 aromatic heterocycles. The van der Waals surface area contributed by atoms with E-state index in [9.17, 15) is 22.3 Å². The summed E-state index contributed by atoms with van der Waals surface area (Å²) >= 11 is 0. The van der Waals surface area contributed by atoms with Gasteiger partial charge in [-0.25, -0.2) is 27.2 Å². The van der Waals surface area contributed by atoms with Gasteiger partial charge in [0.1, 0.15) is 17.5 Å². The van der Waals surface area contributed by atoms with Gasteiger partial charge in [0.15, 0.2) is 11.6 Å². The van der Waals surface area contributed by atoms with Crippen molar-refractivity contribution in [3.05, 3.63) is 47.3 Å². The van der Waals surface area contributed by atoms with E-state index in [1.165, 1.54) is 18.2 Å². The van der Waals surface area contributed by atoms with Crippen LogP contribution in [-0.2, 0) is 16.4 Å². The van der Waals surface area contributed by atoms with Gasteiger partial charge in [0.05, 0.1) is 18.9 Å².